The predicted molar refractivity (Wildman–Crippen MR) is 92.3 cm³/mol. The summed E-state index contributed by atoms with van der Waals surface area (Å²) < 4.78 is 0. The summed E-state index contributed by atoms with van der Waals surface area (Å²) >= 11 is 0. The molecule has 0 aliphatic heterocycles. The molecule has 2 heteroatoms. The number of nitrogens with zero attached hydrogens (tertiary/aromatic N) is 1. The quantitative estimate of drug-likeness (QED) is 0.565. The van der Waals surface area contributed by atoms with Crippen LogP contribution in [0.25, 0.3) is 0 Å². The molecule has 0 unspecified atom stereocenters. The van der Waals surface area contributed by atoms with Gasteiger partial charge in [-0.2, -0.15) is 0 Å². The van der Waals surface area contributed by atoms with E-state index in [1.165, 1.54) is 45.3 Å². The molecule has 0 rings (SSSR count). The molecule has 0 spiro atoms. The Kier molecular flexibility index (Phi) is 10.6. The Balaban J connectivity index is 4.66. The van der Waals surface area contributed by atoms with Crippen LogP contribution in [0, 0.1) is 11.3 Å². The van der Waals surface area contributed by atoms with Crippen molar-refractivity contribution in [2.24, 2.45) is 11.3 Å². The first-order chi connectivity index (χ1) is 9.46. The third-order valence-corrected chi connectivity index (χ3v) is 5.06. The normalized spacial score (nSPS) is 12.9. The van der Waals surface area contributed by atoms with Crippen molar-refractivity contribution in [1.29, 1.82) is 0 Å². The summed E-state index contributed by atoms with van der Waals surface area (Å²) in [5, 5.41) is 3.67. The largest absolute Gasteiger partial charge is 0.314 e. The lowest BCUT2D eigenvalue weighted by Gasteiger charge is -2.39. The fourth-order valence-electron chi connectivity index (χ4n) is 2.89. The van der Waals surface area contributed by atoms with E-state index in [-0.39, 0.29) is 0 Å². The fourth-order valence-corrected chi connectivity index (χ4v) is 2.89. The monoisotopic (exact) mass is 284 g/mol. The summed E-state index contributed by atoms with van der Waals surface area (Å²) in [5.74, 6) is 0.861. The highest BCUT2D eigenvalue weighted by molar-refractivity contribution is 4.84. The first kappa shape index (κ1) is 19.9. The van der Waals surface area contributed by atoms with Gasteiger partial charge in [0.15, 0.2) is 0 Å². The van der Waals surface area contributed by atoms with Crippen molar-refractivity contribution in [3.8, 4) is 0 Å². The zero-order valence-corrected chi connectivity index (χ0v) is 15.3. The Hall–Kier alpha value is -0.0800. The highest BCUT2D eigenvalue weighted by Gasteiger charge is 2.28. The van der Waals surface area contributed by atoms with Crippen LogP contribution in [0.1, 0.15) is 74.1 Å². The van der Waals surface area contributed by atoms with Crippen molar-refractivity contribution in [1.82, 2.24) is 10.2 Å². The highest BCUT2D eigenvalue weighted by Crippen LogP contribution is 2.28. The minimum Gasteiger partial charge on any atom is -0.314 e. The molecule has 1 N–H and O–H groups in total. The Morgan fingerprint density at radius 1 is 0.950 bits per heavy atom. The first-order valence-corrected chi connectivity index (χ1v) is 8.92. The van der Waals surface area contributed by atoms with Crippen LogP contribution in [-0.4, -0.2) is 37.1 Å². The molecular weight excluding hydrogens is 244 g/mol. The number of rotatable bonds is 12. The van der Waals surface area contributed by atoms with Gasteiger partial charge in [-0.15, -0.1) is 0 Å². The molecular formula is C18H40N2. The fraction of sp³-hybridized carbons (Fsp3) is 1.00. The molecule has 0 bridgehead atoms. The molecule has 0 saturated heterocycles. The van der Waals surface area contributed by atoms with E-state index in [9.17, 15) is 0 Å². The lowest BCUT2D eigenvalue weighted by atomic mass is 9.81. The highest BCUT2D eigenvalue weighted by atomic mass is 15.1. The Morgan fingerprint density at radius 2 is 1.50 bits per heavy atom. The SMILES string of the molecule is CCC(CC)CN(CC)CC(CC)(CC)CNC(C)C. The molecule has 2 nitrogen and oxygen atoms in total. The number of nitrogens with one attached hydrogen (secondary N) is 1. The molecule has 0 aromatic carbocycles. The average molecular weight is 285 g/mol. The second-order valence-corrected chi connectivity index (χ2v) is 6.75. The summed E-state index contributed by atoms with van der Waals surface area (Å²) in [4.78, 5) is 2.69. The Bertz CT molecular complexity index is 217. The maximum Gasteiger partial charge on any atom is 0.00499 e. The van der Waals surface area contributed by atoms with E-state index in [1.54, 1.807) is 0 Å². The molecule has 0 heterocycles. The van der Waals surface area contributed by atoms with Crippen LogP contribution in [0.15, 0.2) is 0 Å². The van der Waals surface area contributed by atoms with Crippen LogP contribution >= 0.6 is 0 Å². The average Bonchev–Trinajstić information content (AvgIpc) is 2.47. The van der Waals surface area contributed by atoms with Crippen molar-refractivity contribution < 1.29 is 0 Å². The second kappa shape index (κ2) is 10.6. The molecule has 0 aliphatic rings. The van der Waals surface area contributed by atoms with Crippen molar-refractivity contribution >= 4 is 0 Å². The van der Waals surface area contributed by atoms with E-state index >= 15 is 0 Å². The minimum absolute atomic E-state index is 0.437. The summed E-state index contributed by atoms with van der Waals surface area (Å²) in [6, 6.07) is 0.585. The van der Waals surface area contributed by atoms with Gasteiger partial charge in [0.1, 0.15) is 0 Å². The van der Waals surface area contributed by atoms with E-state index < -0.39 is 0 Å². The minimum atomic E-state index is 0.437. The smallest absolute Gasteiger partial charge is 0.00499 e. The van der Waals surface area contributed by atoms with E-state index in [0.717, 1.165) is 12.5 Å². The molecule has 0 fully saturated rings. The summed E-state index contributed by atoms with van der Waals surface area (Å²) in [7, 11) is 0. The lowest BCUT2D eigenvalue weighted by molar-refractivity contribution is 0.120. The van der Waals surface area contributed by atoms with Gasteiger partial charge in [-0.05, 0) is 30.7 Å². The van der Waals surface area contributed by atoms with Crippen molar-refractivity contribution in [2.45, 2.75) is 80.2 Å². The lowest BCUT2D eigenvalue weighted by Crippen LogP contribution is -2.46. The topological polar surface area (TPSA) is 15.3 Å². The number of hydrogen-bond donors (Lipinski definition) is 1. The van der Waals surface area contributed by atoms with Gasteiger partial charge >= 0.3 is 0 Å². The second-order valence-electron chi connectivity index (χ2n) is 6.75. The van der Waals surface area contributed by atoms with Gasteiger partial charge in [-0.1, -0.05) is 61.3 Å². The molecule has 122 valence electrons. The third kappa shape index (κ3) is 7.08. The Morgan fingerprint density at radius 3 is 1.85 bits per heavy atom. The van der Waals surface area contributed by atoms with Gasteiger partial charge in [-0.3, -0.25) is 0 Å². The van der Waals surface area contributed by atoms with Gasteiger partial charge < -0.3 is 10.2 Å². The summed E-state index contributed by atoms with van der Waals surface area (Å²) in [5.41, 5.74) is 0.437. The van der Waals surface area contributed by atoms with Crippen LogP contribution in [0.5, 0.6) is 0 Å². The van der Waals surface area contributed by atoms with Crippen LogP contribution in [0.2, 0.25) is 0 Å². The molecule has 0 amide bonds. The van der Waals surface area contributed by atoms with Crippen LogP contribution in [0.3, 0.4) is 0 Å². The zero-order valence-electron chi connectivity index (χ0n) is 15.3. The maximum absolute atomic E-state index is 3.67. The molecule has 0 aliphatic carbocycles. The Labute approximate surface area is 128 Å². The van der Waals surface area contributed by atoms with E-state index in [1.807, 2.05) is 0 Å². The van der Waals surface area contributed by atoms with Gasteiger partial charge in [-0.25, -0.2) is 0 Å². The van der Waals surface area contributed by atoms with Crippen molar-refractivity contribution in [3.05, 3.63) is 0 Å². The van der Waals surface area contributed by atoms with Gasteiger partial charge in [0.05, 0.1) is 0 Å². The van der Waals surface area contributed by atoms with E-state index in [2.05, 4.69) is 58.7 Å². The van der Waals surface area contributed by atoms with Crippen LogP contribution in [0.4, 0.5) is 0 Å². The molecule has 0 radical (unpaired) electrons. The van der Waals surface area contributed by atoms with Gasteiger partial charge in [0.25, 0.3) is 0 Å². The molecule has 0 saturated carbocycles. The zero-order chi connectivity index (χ0) is 15.6. The standard InChI is InChI=1S/C18H40N2/c1-8-17(9-2)13-20(12-5)15-18(10-3,11-4)14-19-16(6)7/h16-17,19H,8-15H2,1-7H3. The van der Waals surface area contributed by atoms with Gasteiger partial charge in [0.2, 0.25) is 0 Å². The van der Waals surface area contributed by atoms with Crippen molar-refractivity contribution in [3.63, 3.8) is 0 Å². The molecule has 0 aromatic rings. The molecule has 0 aromatic heterocycles. The third-order valence-electron chi connectivity index (χ3n) is 5.06. The first-order valence-electron chi connectivity index (χ1n) is 8.92. The maximum atomic E-state index is 3.67. The number of hydrogen-bond acceptors (Lipinski definition) is 2. The van der Waals surface area contributed by atoms with Crippen LogP contribution in [-0.2, 0) is 0 Å². The predicted octanol–water partition coefficient (Wildman–Crippen LogP) is 4.55. The summed E-state index contributed by atoms with van der Waals surface area (Å²) in [6.45, 7) is 21.0. The van der Waals surface area contributed by atoms with Crippen LogP contribution < -0.4 is 5.32 Å². The van der Waals surface area contributed by atoms with E-state index in [0.29, 0.717) is 11.5 Å². The van der Waals surface area contributed by atoms with Crippen molar-refractivity contribution in [2.75, 3.05) is 26.2 Å². The van der Waals surface area contributed by atoms with E-state index in [4.69, 9.17) is 0 Å². The van der Waals surface area contributed by atoms with Gasteiger partial charge in [0, 0.05) is 25.7 Å². The molecule has 0 atom stereocenters. The summed E-state index contributed by atoms with van der Waals surface area (Å²) in [6.07, 6.45) is 5.15. The molecule has 20 heavy (non-hydrogen) atoms.